The van der Waals surface area contributed by atoms with Gasteiger partial charge in [0.15, 0.2) is 12.2 Å². The number of aliphatic hydroxyl groups excluding tert-OH is 1. The minimum Gasteiger partial charge on any atom is -0.462 e. The van der Waals surface area contributed by atoms with Crippen molar-refractivity contribution in [1.82, 2.24) is 0 Å². The molecule has 606 valence electrons. The van der Waals surface area contributed by atoms with Gasteiger partial charge >= 0.3 is 39.5 Å². The Morgan fingerprint density at radius 3 is 0.696 bits per heavy atom. The summed E-state index contributed by atoms with van der Waals surface area (Å²) in [5.74, 6) is 0.995. The maximum Gasteiger partial charge on any atom is 0.472 e. The fraction of sp³-hybridized carbons (Fsp3) is 0.952. The fourth-order valence-corrected chi connectivity index (χ4v) is 14.3. The number of carbonyl (C=O) groups excluding carboxylic acids is 4. The van der Waals surface area contributed by atoms with Crippen molar-refractivity contribution in [3.05, 3.63) is 0 Å². The summed E-state index contributed by atoms with van der Waals surface area (Å²) in [6, 6.07) is 0. The monoisotopic (exact) mass is 1490 g/mol. The summed E-state index contributed by atoms with van der Waals surface area (Å²) < 4.78 is 68.7. The molecule has 3 N–H and O–H groups in total. The van der Waals surface area contributed by atoms with Crippen LogP contribution in [0.3, 0.4) is 0 Å². The lowest BCUT2D eigenvalue weighted by molar-refractivity contribution is -0.161. The van der Waals surface area contributed by atoms with Crippen LogP contribution >= 0.6 is 15.6 Å². The van der Waals surface area contributed by atoms with Crippen molar-refractivity contribution < 1.29 is 80.2 Å². The van der Waals surface area contributed by atoms with Gasteiger partial charge in [-0.05, 0) is 49.4 Å². The van der Waals surface area contributed by atoms with Gasteiger partial charge < -0.3 is 33.8 Å². The first-order valence-electron chi connectivity index (χ1n) is 42.7. The van der Waals surface area contributed by atoms with Crippen LogP contribution in [0.2, 0.25) is 0 Å². The minimum atomic E-state index is -4.96. The molecule has 0 heterocycles. The van der Waals surface area contributed by atoms with E-state index >= 15 is 0 Å². The lowest BCUT2D eigenvalue weighted by Gasteiger charge is -2.21. The molecule has 0 radical (unpaired) electrons. The minimum absolute atomic E-state index is 0.106. The van der Waals surface area contributed by atoms with E-state index in [4.69, 9.17) is 37.0 Å². The van der Waals surface area contributed by atoms with Gasteiger partial charge in [-0.1, -0.05) is 376 Å². The van der Waals surface area contributed by atoms with E-state index in [0.29, 0.717) is 31.6 Å². The van der Waals surface area contributed by atoms with E-state index in [1.54, 1.807) is 0 Å². The normalized spacial score (nSPS) is 14.3. The molecule has 0 aromatic rings. The molecule has 0 aliphatic heterocycles. The third-order valence-corrected chi connectivity index (χ3v) is 21.6. The molecule has 0 rings (SSSR count). The van der Waals surface area contributed by atoms with Crippen LogP contribution in [-0.4, -0.2) is 96.7 Å². The Morgan fingerprint density at radius 1 is 0.275 bits per heavy atom. The second kappa shape index (κ2) is 72.0. The van der Waals surface area contributed by atoms with Crippen molar-refractivity contribution in [3.63, 3.8) is 0 Å². The van der Waals surface area contributed by atoms with Crippen LogP contribution < -0.4 is 0 Å². The van der Waals surface area contributed by atoms with Crippen molar-refractivity contribution in [2.75, 3.05) is 39.6 Å². The van der Waals surface area contributed by atoms with Crippen LogP contribution in [0.25, 0.3) is 0 Å². The highest BCUT2D eigenvalue weighted by Crippen LogP contribution is 2.45. The Labute approximate surface area is 626 Å². The van der Waals surface area contributed by atoms with Crippen LogP contribution in [0.5, 0.6) is 0 Å². The molecule has 0 bridgehead atoms. The Hall–Kier alpha value is -1.94. The van der Waals surface area contributed by atoms with Crippen molar-refractivity contribution >= 4 is 39.5 Å². The molecule has 0 aromatic heterocycles. The molecule has 0 aliphatic rings. The van der Waals surface area contributed by atoms with E-state index < -0.39 is 97.5 Å². The fourth-order valence-electron chi connectivity index (χ4n) is 12.8. The molecule has 17 nitrogen and oxygen atoms in total. The SMILES string of the molecule is CCC(C)CCCCCCCCCCCCC(=O)O[C@H](COC(=O)CCCCCCCCCCCCCCCCCC(C)C)COP(=O)(O)OCC(O)COP(=O)(O)OC[C@@H](COC(=O)CCCCCCCCC(C)C)OC(=O)CCCCCCCCCCCCCCCCCCCCC(C)C. The van der Waals surface area contributed by atoms with Gasteiger partial charge in [-0.2, -0.15) is 0 Å². The average Bonchev–Trinajstić information content (AvgIpc) is 0.911. The Morgan fingerprint density at radius 2 is 0.471 bits per heavy atom. The van der Waals surface area contributed by atoms with Gasteiger partial charge in [0.25, 0.3) is 0 Å². The van der Waals surface area contributed by atoms with Crippen LogP contribution in [0, 0.1) is 23.7 Å². The molecule has 0 amide bonds. The van der Waals surface area contributed by atoms with E-state index in [2.05, 4.69) is 55.4 Å². The highest BCUT2D eigenvalue weighted by molar-refractivity contribution is 7.47. The smallest absolute Gasteiger partial charge is 0.462 e. The van der Waals surface area contributed by atoms with Gasteiger partial charge in [-0.25, -0.2) is 9.13 Å². The molecule has 19 heteroatoms. The number of phosphoric ester groups is 2. The zero-order chi connectivity index (χ0) is 75.3. The van der Waals surface area contributed by atoms with Gasteiger partial charge in [0.05, 0.1) is 26.4 Å². The molecular weight excluding hydrogens is 1330 g/mol. The van der Waals surface area contributed by atoms with E-state index in [0.717, 1.165) is 114 Å². The molecule has 0 aromatic carbocycles. The highest BCUT2D eigenvalue weighted by atomic mass is 31.2. The number of unbranched alkanes of at least 4 members (excludes halogenated alkanes) is 45. The topological polar surface area (TPSA) is 237 Å². The van der Waals surface area contributed by atoms with Crippen molar-refractivity contribution in [2.24, 2.45) is 23.7 Å². The molecule has 102 heavy (non-hydrogen) atoms. The molecule has 4 unspecified atom stereocenters. The quantitative estimate of drug-likeness (QED) is 0.0222. The van der Waals surface area contributed by atoms with Gasteiger partial charge in [0.2, 0.25) is 0 Å². The number of aliphatic hydroxyl groups is 1. The number of ether oxygens (including phenoxy) is 4. The number of phosphoric acid groups is 2. The predicted octanol–water partition coefficient (Wildman–Crippen LogP) is 24.8. The Balaban J connectivity index is 5.18. The first-order valence-corrected chi connectivity index (χ1v) is 45.7. The molecule has 0 saturated heterocycles. The van der Waals surface area contributed by atoms with Crippen LogP contribution in [0.15, 0.2) is 0 Å². The summed E-state index contributed by atoms with van der Waals surface area (Å²) in [4.78, 5) is 73.0. The zero-order valence-electron chi connectivity index (χ0n) is 67.2. The summed E-state index contributed by atoms with van der Waals surface area (Å²) in [6.45, 7) is 14.3. The summed E-state index contributed by atoms with van der Waals surface area (Å²) in [7, 11) is -9.92. The van der Waals surface area contributed by atoms with E-state index in [9.17, 15) is 43.2 Å². The third kappa shape index (κ3) is 74.9. The largest absolute Gasteiger partial charge is 0.472 e. The van der Waals surface area contributed by atoms with Crippen molar-refractivity contribution in [1.29, 1.82) is 0 Å². The summed E-state index contributed by atoms with van der Waals surface area (Å²) in [5.41, 5.74) is 0. The predicted molar refractivity (Wildman–Crippen MR) is 418 cm³/mol. The number of hydrogen-bond donors (Lipinski definition) is 3. The summed E-state index contributed by atoms with van der Waals surface area (Å²) in [5, 5.41) is 10.6. The first-order chi connectivity index (χ1) is 49.1. The zero-order valence-corrected chi connectivity index (χ0v) is 69.0. The number of carbonyl (C=O) groups is 4. The van der Waals surface area contributed by atoms with E-state index in [-0.39, 0.29) is 25.7 Å². The molecule has 0 fully saturated rings. The maximum absolute atomic E-state index is 13.1. The van der Waals surface area contributed by atoms with Crippen LogP contribution in [-0.2, 0) is 65.4 Å². The number of rotatable bonds is 80. The third-order valence-electron chi connectivity index (χ3n) is 19.7. The summed E-state index contributed by atoms with van der Waals surface area (Å²) in [6.07, 6.45) is 59.8. The highest BCUT2D eigenvalue weighted by Gasteiger charge is 2.30. The summed E-state index contributed by atoms with van der Waals surface area (Å²) >= 11 is 0. The van der Waals surface area contributed by atoms with E-state index in [1.165, 1.54) is 225 Å². The molecule has 6 atom stereocenters. The Bertz CT molecular complexity index is 1990. The number of esters is 4. The average molecular weight is 1490 g/mol. The molecular formula is C83H162O17P2. The number of hydrogen-bond acceptors (Lipinski definition) is 15. The van der Waals surface area contributed by atoms with Gasteiger partial charge in [0.1, 0.15) is 19.3 Å². The molecule has 0 spiro atoms. The second-order valence-corrected chi connectivity index (χ2v) is 34.4. The van der Waals surface area contributed by atoms with Crippen molar-refractivity contribution in [3.8, 4) is 0 Å². The molecule has 0 aliphatic carbocycles. The maximum atomic E-state index is 13.1. The van der Waals surface area contributed by atoms with Crippen LogP contribution in [0.4, 0.5) is 0 Å². The van der Waals surface area contributed by atoms with Crippen molar-refractivity contribution in [2.45, 2.75) is 446 Å². The van der Waals surface area contributed by atoms with E-state index in [1.807, 2.05) is 0 Å². The van der Waals surface area contributed by atoms with Gasteiger partial charge in [-0.15, -0.1) is 0 Å². The van der Waals surface area contributed by atoms with Gasteiger partial charge in [0, 0.05) is 25.7 Å². The first kappa shape index (κ1) is 100. The molecule has 0 saturated carbocycles. The van der Waals surface area contributed by atoms with Gasteiger partial charge in [-0.3, -0.25) is 37.3 Å². The lowest BCUT2D eigenvalue weighted by Crippen LogP contribution is -2.30. The lowest BCUT2D eigenvalue weighted by atomic mass is 9.99. The van der Waals surface area contributed by atoms with Crippen LogP contribution in [0.1, 0.15) is 428 Å². The standard InChI is InChI=1S/C83H162O17P2/c1-9-76(8)62-54-46-37-31-27-28-34-40-50-58-66-83(88)99-78(69-93-80(85)63-55-47-38-32-25-21-18-14-16-20-24-30-36-44-52-60-74(4)5)71-97-101(89,90)95-67-77(84)68-96-102(91,92)98-72-79(70-94-81(86)64-56-48-42-41-45-53-61-75(6)7)100-82(87)65-57-49-39-33-26-22-17-13-11-10-12-15-19-23-29-35-43-51-59-73(2)3/h73-79,84H,9-72H2,1-8H3,(H,89,90)(H,91,92)/t76?,77?,78-,79-/m1/s1. The Kier molecular flexibility index (Phi) is 70.6. The second-order valence-electron chi connectivity index (χ2n) is 31.5.